The van der Waals surface area contributed by atoms with Gasteiger partial charge in [0, 0.05) is 10.6 Å². The van der Waals surface area contributed by atoms with E-state index in [1.807, 2.05) is 32.0 Å². The number of rotatable bonds is 3. The molecule has 1 amide bonds. The fourth-order valence-electron chi connectivity index (χ4n) is 2.46. The van der Waals surface area contributed by atoms with Crippen LogP contribution in [0.15, 0.2) is 42.5 Å². The number of halogens is 1. The minimum Gasteiger partial charge on any atom is -0.486 e. The summed E-state index contributed by atoms with van der Waals surface area (Å²) in [5.74, 6) is 1.30. The van der Waals surface area contributed by atoms with Gasteiger partial charge in [0.2, 0.25) is 0 Å². The molecule has 1 N–H and O–H groups in total. The molecular formula is C18H18ClNO3. The molecule has 0 saturated heterocycles. The molecule has 2 aromatic rings. The van der Waals surface area contributed by atoms with E-state index in [0.29, 0.717) is 29.5 Å². The number of ether oxygens (including phenoxy) is 2. The highest BCUT2D eigenvalue weighted by atomic mass is 35.5. The van der Waals surface area contributed by atoms with Crippen molar-refractivity contribution in [2.45, 2.75) is 19.4 Å². The minimum atomic E-state index is -0.549. The van der Waals surface area contributed by atoms with Crippen LogP contribution in [0.25, 0.3) is 0 Å². The van der Waals surface area contributed by atoms with E-state index in [4.69, 9.17) is 21.1 Å². The lowest BCUT2D eigenvalue weighted by Gasteiger charge is -2.28. The quantitative estimate of drug-likeness (QED) is 0.931. The number of hydrogen-bond donors (Lipinski definition) is 1. The fraction of sp³-hybridized carbons (Fsp3) is 0.278. The molecule has 5 heteroatoms. The SMILES string of the molecule is CC(C)(NC(=O)c1ccc(Cl)cc1)c1ccc2c(c1)OCCO2. The molecule has 0 aliphatic carbocycles. The topological polar surface area (TPSA) is 47.6 Å². The lowest BCUT2D eigenvalue weighted by atomic mass is 9.93. The maximum absolute atomic E-state index is 12.4. The van der Waals surface area contributed by atoms with Gasteiger partial charge in [-0.25, -0.2) is 0 Å². The zero-order valence-corrected chi connectivity index (χ0v) is 13.8. The van der Waals surface area contributed by atoms with E-state index in [1.54, 1.807) is 24.3 Å². The van der Waals surface area contributed by atoms with Crippen molar-refractivity contribution in [3.8, 4) is 11.5 Å². The first-order chi connectivity index (χ1) is 11.0. The number of carbonyl (C=O) groups is 1. The van der Waals surface area contributed by atoms with Gasteiger partial charge in [-0.05, 0) is 55.8 Å². The van der Waals surface area contributed by atoms with Crippen molar-refractivity contribution in [2.24, 2.45) is 0 Å². The third-order valence-corrected chi connectivity index (χ3v) is 4.05. The second-order valence-electron chi connectivity index (χ2n) is 5.94. The summed E-state index contributed by atoms with van der Waals surface area (Å²) in [5, 5.41) is 3.64. The summed E-state index contributed by atoms with van der Waals surface area (Å²) in [5.41, 5.74) is 0.969. The van der Waals surface area contributed by atoms with Crippen LogP contribution in [0.2, 0.25) is 5.02 Å². The van der Waals surface area contributed by atoms with Crippen LogP contribution in [0.3, 0.4) is 0 Å². The van der Waals surface area contributed by atoms with Crippen LogP contribution in [0.4, 0.5) is 0 Å². The Balaban J connectivity index is 1.80. The van der Waals surface area contributed by atoms with Crippen LogP contribution in [0.5, 0.6) is 11.5 Å². The first-order valence-corrected chi connectivity index (χ1v) is 7.82. The number of hydrogen-bond acceptors (Lipinski definition) is 3. The van der Waals surface area contributed by atoms with E-state index < -0.39 is 5.54 Å². The molecule has 2 aromatic carbocycles. The monoisotopic (exact) mass is 331 g/mol. The van der Waals surface area contributed by atoms with Crippen LogP contribution >= 0.6 is 11.6 Å². The van der Waals surface area contributed by atoms with E-state index >= 15 is 0 Å². The Labute approximate surface area is 140 Å². The van der Waals surface area contributed by atoms with Crippen LogP contribution in [0, 0.1) is 0 Å². The molecule has 1 heterocycles. The van der Waals surface area contributed by atoms with Gasteiger partial charge in [0.25, 0.3) is 5.91 Å². The highest BCUT2D eigenvalue weighted by molar-refractivity contribution is 6.30. The molecule has 4 nitrogen and oxygen atoms in total. The van der Waals surface area contributed by atoms with Crippen molar-refractivity contribution in [1.82, 2.24) is 5.32 Å². The summed E-state index contributed by atoms with van der Waals surface area (Å²) in [6.45, 7) is 5.00. The van der Waals surface area contributed by atoms with Gasteiger partial charge in [0.15, 0.2) is 11.5 Å². The van der Waals surface area contributed by atoms with Crippen LogP contribution < -0.4 is 14.8 Å². The summed E-state index contributed by atoms with van der Waals surface area (Å²) in [6.07, 6.45) is 0. The zero-order chi connectivity index (χ0) is 16.4. The van der Waals surface area contributed by atoms with Gasteiger partial charge < -0.3 is 14.8 Å². The molecule has 23 heavy (non-hydrogen) atoms. The normalized spacial score (nSPS) is 13.5. The Bertz CT molecular complexity index is 726. The van der Waals surface area contributed by atoms with Crippen LogP contribution in [-0.4, -0.2) is 19.1 Å². The van der Waals surface area contributed by atoms with E-state index in [1.165, 1.54) is 0 Å². The van der Waals surface area contributed by atoms with Gasteiger partial charge in [-0.1, -0.05) is 17.7 Å². The van der Waals surface area contributed by atoms with E-state index in [2.05, 4.69) is 5.32 Å². The van der Waals surface area contributed by atoms with Crippen molar-refractivity contribution < 1.29 is 14.3 Å². The smallest absolute Gasteiger partial charge is 0.251 e. The van der Waals surface area contributed by atoms with E-state index in [-0.39, 0.29) is 5.91 Å². The Morgan fingerprint density at radius 2 is 1.70 bits per heavy atom. The molecule has 0 saturated carbocycles. The largest absolute Gasteiger partial charge is 0.486 e. The Morgan fingerprint density at radius 1 is 1.04 bits per heavy atom. The number of carbonyl (C=O) groups excluding carboxylic acids is 1. The molecule has 0 bridgehead atoms. The van der Waals surface area contributed by atoms with Crippen molar-refractivity contribution in [3.63, 3.8) is 0 Å². The van der Waals surface area contributed by atoms with Crippen molar-refractivity contribution in [3.05, 3.63) is 58.6 Å². The maximum atomic E-state index is 12.4. The first-order valence-electron chi connectivity index (χ1n) is 7.44. The van der Waals surface area contributed by atoms with Crippen molar-refractivity contribution >= 4 is 17.5 Å². The van der Waals surface area contributed by atoms with Gasteiger partial charge in [-0.15, -0.1) is 0 Å². The molecule has 0 unspecified atom stereocenters. The molecule has 0 atom stereocenters. The zero-order valence-electron chi connectivity index (χ0n) is 13.1. The summed E-state index contributed by atoms with van der Waals surface area (Å²) in [7, 11) is 0. The summed E-state index contributed by atoms with van der Waals surface area (Å²) >= 11 is 5.86. The maximum Gasteiger partial charge on any atom is 0.251 e. The number of benzene rings is 2. The third kappa shape index (κ3) is 3.42. The van der Waals surface area contributed by atoms with Gasteiger partial charge in [-0.2, -0.15) is 0 Å². The summed E-state index contributed by atoms with van der Waals surface area (Å²) in [6, 6.07) is 12.5. The predicted molar refractivity (Wildman–Crippen MR) is 89.4 cm³/mol. The predicted octanol–water partition coefficient (Wildman–Crippen LogP) is 3.78. The molecule has 0 spiro atoms. The molecule has 0 aromatic heterocycles. The molecule has 1 aliphatic heterocycles. The van der Waals surface area contributed by atoms with E-state index in [9.17, 15) is 4.79 Å². The fourth-order valence-corrected chi connectivity index (χ4v) is 2.59. The third-order valence-electron chi connectivity index (χ3n) is 3.80. The average Bonchev–Trinajstić information content (AvgIpc) is 2.54. The lowest BCUT2D eigenvalue weighted by molar-refractivity contribution is 0.0911. The minimum absolute atomic E-state index is 0.151. The van der Waals surface area contributed by atoms with Gasteiger partial charge >= 0.3 is 0 Å². The first kappa shape index (κ1) is 15.7. The number of nitrogens with one attached hydrogen (secondary N) is 1. The lowest BCUT2D eigenvalue weighted by Crippen LogP contribution is -2.41. The van der Waals surface area contributed by atoms with Crippen LogP contribution in [0.1, 0.15) is 29.8 Å². The molecule has 120 valence electrons. The standard InChI is InChI=1S/C18H18ClNO3/c1-18(2,20-17(21)12-3-6-14(19)7-4-12)13-5-8-15-16(11-13)23-10-9-22-15/h3-8,11H,9-10H2,1-2H3,(H,20,21). The number of fused-ring (bicyclic) bond motifs is 1. The Hall–Kier alpha value is -2.20. The highest BCUT2D eigenvalue weighted by Crippen LogP contribution is 2.34. The highest BCUT2D eigenvalue weighted by Gasteiger charge is 2.25. The molecule has 3 rings (SSSR count). The number of amides is 1. The van der Waals surface area contributed by atoms with Gasteiger partial charge in [-0.3, -0.25) is 4.79 Å². The average molecular weight is 332 g/mol. The Kier molecular flexibility index (Phi) is 4.18. The van der Waals surface area contributed by atoms with Crippen LogP contribution in [-0.2, 0) is 5.54 Å². The summed E-state index contributed by atoms with van der Waals surface area (Å²) < 4.78 is 11.1. The summed E-state index contributed by atoms with van der Waals surface area (Å²) in [4.78, 5) is 12.4. The van der Waals surface area contributed by atoms with Gasteiger partial charge in [0.05, 0.1) is 5.54 Å². The molecular weight excluding hydrogens is 314 g/mol. The molecule has 0 fully saturated rings. The second kappa shape index (κ2) is 6.13. The van der Waals surface area contributed by atoms with Gasteiger partial charge in [0.1, 0.15) is 13.2 Å². The second-order valence-corrected chi connectivity index (χ2v) is 6.38. The van der Waals surface area contributed by atoms with Crippen molar-refractivity contribution in [2.75, 3.05) is 13.2 Å². The molecule has 0 radical (unpaired) electrons. The van der Waals surface area contributed by atoms with E-state index in [0.717, 1.165) is 11.3 Å². The Morgan fingerprint density at radius 3 is 2.39 bits per heavy atom. The molecule has 1 aliphatic rings. The van der Waals surface area contributed by atoms with Crippen molar-refractivity contribution in [1.29, 1.82) is 0 Å².